The maximum absolute atomic E-state index is 12.8. The average Bonchev–Trinajstić information content (AvgIpc) is 3.36. The minimum absolute atomic E-state index is 0.0358. The molecule has 2 fully saturated rings. The number of carboxylic acid groups (broad SMARTS) is 1. The summed E-state index contributed by atoms with van der Waals surface area (Å²) in [6.45, 7) is 2.64. The summed E-state index contributed by atoms with van der Waals surface area (Å²) in [5.41, 5.74) is 1.12. The smallest absolute Gasteiger partial charge is 0.317 e. The van der Waals surface area contributed by atoms with Gasteiger partial charge in [0.2, 0.25) is 0 Å². The lowest BCUT2D eigenvalue weighted by molar-refractivity contribution is -0.139. The maximum Gasteiger partial charge on any atom is 0.317 e. The summed E-state index contributed by atoms with van der Waals surface area (Å²) in [4.78, 5) is 30.2. The number of carbonyl (C=O) groups is 2. The van der Waals surface area contributed by atoms with Gasteiger partial charge in [-0.25, -0.2) is 4.98 Å². The molecule has 1 heterocycles. The van der Waals surface area contributed by atoms with Crippen LogP contribution >= 0.6 is 0 Å². The third-order valence-electron chi connectivity index (χ3n) is 5.48. The topological polar surface area (TPSA) is 95.7 Å². The van der Waals surface area contributed by atoms with E-state index >= 15 is 0 Å². The van der Waals surface area contributed by atoms with E-state index in [-0.39, 0.29) is 24.5 Å². The van der Waals surface area contributed by atoms with Crippen LogP contribution < -0.4 is 5.32 Å². The van der Waals surface area contributed by atoms with E-state index in [4.69, 9.17) is 9.52 Å². The third-order valence-corrected chi connectivity index (χ3v) is 5.48. The van der Waals surface area contributed by atoms with E-state index in [1.54, 1.807) is 6.92 Å². The number of aromatic nitrogens is 1. The summed E-state index contributed by atoms with van der Waals surface area (Å²) in [5.74, 6) is 0.532. The van der Waals surface area contributed by atoms with Gasteiger partial charge in [0.15, 0.2) is 17.3 Å². The zero-order chi connectivity index (χ0) is 19.7. The van der Waals surface area contributed by atoms with Crippen molar-refractivity contribution >= 4 is 11.9 Å². The highest BCUT2D eigenvalue weighted by atomic mass is 16.4. The van der Waals surface area contributed by atoms with Gasteiger partial charge in [0.25, 0.3) is 5.91 Å². The number of oxazole rings is 1. The van der Waals surface area contributed by atoms with Crippen molar-refractivity contribution in [3.63, 3.8) is 0 Å². The lowest BCUT2D eigenvalue weighted by Gasteiger charge is -2.42. The van der Waals surface area contributed by atoms with Crippen LogP contribution in [0.5, 0.6) is 0 Å². The van der Waals surface area contributed by atoms with Crippen molar-refractivity contribution < 1.29 is 19.1 Å². The summed E-state index contributed by atoms with van der Waals surface area (Å²) < 4.78 is 5.66. The van der Waals surface area contributed by atoms with Gasteiger partial charge in [-0.1, -0.05) is 30.3 Å². The zero-order valence-electron chi connectivity index (χ0n) is 15.9. The molecule has 0 aliphatic heterocycles. The molecule has 2 aliphatic rings. The van der Waals surface area contributed by atoms with Gasteiger partial charge in [-0.15, -0.1) is 0 Å². The Kier molecular flexibility index (Phi) is 5.17. The molecule has 2 aromatic rings. The van der Waals surface area contributed by atoms with Gasteiger partial charge >= 0.3 is 5.97 Å². The van der Waals surface area contributed by atoms with Crippen LogP contribution in [0, 0.1) is 12.8 Å². The van der Waals surface area contributed by atoms with Gasteiger partial charge in [0.05, 0.1) is 6.54 Å². The van der Waals surface area contributed by atoms with Crippen molar-refractivity contribution in [3.05, 3.63) is 41.9 Å². The molecule has 148 valence electrons. The Bertz CT molecular complexity index is 854. The standard InChI is InChI=1S/C21H25N3O4/c1-13-22-19(20(28-13)15-5-3-2-4-6-15)21(27)23-16-9-17(10-16)24(12-18(25)26)11-14-7-8-14/h2-6,14,16-17H,7-12H2,1H3,(H,23,27)(H,25,26). The number of hydrogen-bond acceptors (Lipinski definition) is 5. The van der Waals surface area contributed by atoms with Crippen LogP contribution in [-0.4, -0.2) is 52.0 Å². The SMILES string of the molecule is Cc1nc(C(=O)NC2CC(N(CC(=O)O)CC3CC3)C2)c(-c2ccccc2)o1. The van der Waals surface area contributed by atoms with Crippen LogP contribution in [0.1, 0.15) is 42.1 Å². The molecular formula is C21H25N3O4. The molecule has 2 saturated carbocycles. The van der Waals surface area contributed by atoms with Crippen LogP contribution in [0.4, 0.5) is 0 Å². The fraction of sp³-hybridized carbons (Fsp3) is 0.476. The zero-order valence-corrected chi connectivity index (χ0v) is 15.9. The van der Waals surface area contributed by atoms with E-state index in [0.29, 0.717) is 23.3 Å². The molecule has 0 spiro atoms. The molecule has 1 amide bonds. The molecule has 0 atom stereocenters. The lowest BCUT2D eigenvalue weighted by atomic mass is 9.85. The Hall–Kier alpha value is -2.67. The van der Waals surface area contributed by atoms with E-state index in [9.17, 15) is 9.59 Å². The average molecular weight is 383 g/mol. The third kappa shape index (κ3) is 4.25. The number of hydrogen-bond donors (Lipinski definition) is 2. The second-order valence-electron chi connectivity index (χ2n) is 7.84. The minimum atomic E-state index is -0.793. The van der Waals surface area contributed by atoms with Crippen molar-refractivity contribution in [2.24, 2.45) is 5.92 Å². The highest BCUT2D eigenvalue weighted by Crippen LogP contribution is 2.34. The number of carboxylic acids is 1. The number of amides is 1. The molecule has 1 aromatic heterocycles. The van der Waals surface area contributed by atoms with E-state index in [1.165, 1.54) is 12.8 Å². The number of rotatable bonds is 8. The molecule has 0 unspecified atom stereocenters. The minimum Gasteiger partial charge on any atom is -0.480 e. The second kappa shape index (κ2) is 7.75. The first-order chi connectivity index (χ1) is 13.5. The van der Waals surface area contributed by atoms with Crippen molar-refractivity contribution in [1.29, 1.82) is 0 Å². The van der Waals surface area contributed by atoms with E-state index < -0.39 is 5.97 Å². The van der Waals surface area contributed by atoms with Crippen molar-refractivity contribution in [1.82, 2.24) is 15.2 Å². The summed E-state index contributed by atoms with van der Waals surface area (Å²) in [6, 6.07) is 9.72. The van der Waals surface area contributed by atoms with E-state index in [2.05, 4.69) is 15.2 Å². The molecule has 4 rings (SSSR count). The second-order valence-corrected chi connectivity index (χ2v) is 7.84. The Labute approximate surface area is 163 Å². The molecule has 7 heteroatoms. The number of nitrogens with zero attached hydrogens (tertiary/aromatic N) is 2. The van der Waals surface area contributed by atoms with E-state index in [1.807, 2.05) is 30.3 Å². The summed E-state index contributed by atoms with van der Waals surface area (Å²) in [6.07, 6.45) is 3.92. The molecule has 7 nitrogen and oxygen atoms in total. The summed E-state index contributed by atoms with van der Waals surface area (Å²) in [5, 5.41) is 12.2. The molecule has 0 saturated heterocycles. The van der Waals surface area contributed by atoms with Gasteiger partial charge in [0, 0.05) is 31.1 Å². The number of nitrogens with one attached hydrogen (secondary N) is 1. The van der Waals surface area contributed by atoms with Gasteiger partial charge in [-0.2, -0.15) is 0 Å². The first-order valence-corrected chi connectivity index (χ1v) is 9.79. The Morgan fingerprint density at radius 2 is 1.96 bits per heavy atom. The molecule has 1 aromatic carbocycles. The molecule has 2 N–H and O–H groups in total. The monoisotopic (exact) mass is 383 g/mol. The highest BCUT2D eigenvalue weighted by Gasteiger charge is 2.38. The van der Waals surface area contributed by atoms with Gasteiger partial charge in [-0.05, 0) is 31.6 Å². The fourth-order valence-electron chi connectivity index (χ4n) is 3.77. The molecular weight excluding hydrogens is 358 g/mol. The quantitative estimate of drug-likeness (QED) is 0.728. The Morgan fingerprint density at radius 1 is 1.25 bits per heavy atom. The largest absolute Gasteiger partial charge is 0.480 e. The first kappa shape index (κ1) is 18.7. The van der Waals surface area contributed by atoms with Crippen molar-refractivity contribution in [3.8, 4) is 11.3 Å². The Balaban J connectivity index is 1.37. The molecule has 2 aliphatic carbocycles. The normalized spacial score (nSPS) is 21.4. The Morgan fingerprint density at radius 3 is 2.61 bits per heavy atom. The van der Waals surface area contributed by atoms with E-state index in [0.717, 1.165) is 24.9 Å². The number of aliphatic carboxylic acids is 1. The van der Waals surface area contributed by atoms with Crippen LogP contribution in [0.2, 0.25) is 0 Å². The molecule has 28 heavy (non-hydrogen) atoms. The fourth-order valence-corrected chi connectivity index (χ4v) is 3.77. The predicted molar refractivity (Wildman–Crippen MR) is 103 cm³/mol. The highest BCUT2D eigenvalue weighted by molar-refractivity contribution is 5.98. The molecule has 0 radical (unpaired) electrons. The van der Waals surface area contributed by atoms with Crippen LogP contribution in [0.15, 0.2) is 34.7 Å². The van der Waals surface area contributed by atoms with Crippen LogP contribution in [0.3, 0.4) is 0 Å². The first-order valence-electron chi connectivity index (χ1n) is 9.79. The maximum atomic E-state index is 12.8. The predicted octanol–water partition coefficient (Wildman–Crippen LogP) is 2.71. The van der Waals surface area contributed by atoms with Crippen LogP contribution in [0.25, 0.3) is 11.3 Å². The van der Waals surface area contributed by atoms with Crippen LogP contribution in [-0.2, 0) is 4.79 Å². The number of carbonyl (C=O) groups excluding carboxylic acids is 1. The number of benzene rings is 1. The number of aryl methyl sites for hydroxylation is 1. The lowest BCUT2D eigenvalue weighted by Crippen LogP contribution is -2.55. The summed E-state index contributed by atoms with van der Waals surface area (Å²) in [7, 11) is 0. The van der Waals surface area contributed by atoms with Crippen molar-refractivity contribution in [2.45, 2.75) is 44.7 Å². The van der Waals surface area contributed by atoms with Gasteiger partial charge in [0.1, 0.15) is 0 Å². The van der Waals surface area contributed by atoms with Gasteiger partial charge in [-0.3, -0.25) is 14.5 Å². The molecule has 0 bridgehead atoms. The van der Waals surface area contributed by atoms with Crippen molar-refractivity contribution in [2.75, 3.05) is 13.1 Å². The summed E-state index contributed by atoms with van der Waals surface area (Å²) >= 11 is 0. The van der Waals surface area contributed by atoms with Gasteiger partial charge < -0.3 is 14.8 Å².